The van der Waals surface area contributed by atoms with Gasteiger partial charge in [-0.1, -0.05) is 91.0 Å². The Balaban J connectivity index is 1.52. The zero-order chi connectivity index (χ0) is 25.0. The van der Waals surface area contributed by atoms with Crippen molar-refractivity contribution in [1.82, 2.24) is 0 Å². The van der Waals surface area contributed by atoms with Crippen molar-refractivity contribution in [3.63, 3.8) is 0 Å². The van der Waals surface area contributed by atoms with Crippen molar-refractivity contribution in [1.29, 1.82) is 0 Å². The highest BCUT2D eigenvalue weighted by Gasteiger charge is 2.36. The number of furan rings is 1. The molecule has 0 aliphatic carbocycles. The molecule has 3 aromatic carbocycles. The smallest absolute Gasteiger partial charge is 0.197 e. The summed E-state index contributed by atoms with van der Waals surface area (Å²) in [6.07, 6.45) is -0.378. The molecule has 1 N–H and O–H groups in total. The molecule has 0 spiro atoms. The lowest BCUT2D eigenvalue weighted by molar-refractivity contribution is -0.134. The van der Waals surface area contributed by atoms with E-state index in [0.29, 0.717) is 12.2 Å². The molecule has 0 saturated heterocycles. The molecule has 6 heteroatoms. The van der Waals surface area contributed by atoms with E-state index in [9.17, 15) is 9.90 Å². The van der Waals surface area contributed by atoms with Gasteiger partial charge in [-0.25, -0.2) is 0 Å². The van der Waals surface area contributed by atoms with E-state index in [2.05, 4.69) is 0 Å². The predicted octanol–water partition coefficient (Wildman–Crippen LogP) is 5.21. The van der Waals surface area contributed by atoms with E-state index in [1.807, 2.05) is 91.0 Å². The highest BCUT2D eigenvalue weighted by atomic mass is 16.6. The van der Waals surface area contributed by atoms with E-state index in [1.165, 1.54) is 12.5 Å². The van der Waals surface area contributed by atoms with E-state index in [0.717, 1.165) is 16.7 Å². The van der Waals surface area contributed by atoms with Crippen molar-refractivity contribution in [2.45, 2.75) is 38.1 Å². The fraction of sp³-hybridized carbons (Fsp3) is 0.233. The van der Waals surface area contributed by atoms with Gasteiger partial charge in [0.05, 0.1) is 38.3 Å². The molecule has 0 aliphatic rings. The van der Waals surface area contributed by atoms with Gasteiger partial charge >= 0.3 is 0 Å². The lowest BCUT2D eigenvalue weighted by atomic mass is 10.00. The van der Waals surface area contributed by atoms with Gasteiger partial charge in [0.25, 0.3) is 0 Å². The second-order valence-corrected chi connectivity index (χ2v) is 8.42. The molecule has 1 aromatic heterocycles. The van der Waals surface area contributed by atoms with Crippen molar-refractivity contribution in [3.05, 3.63) is 132 Å². The first-order chi connectivity index (χ1) is 17.7. The number of ether oxygens (including phenoxy) is 3. The Kier molecular flexibility index (Phi) is 9.59. The Hall–Kier alpha value is -3.55. The molecule has 0 unspecified atom stereocenters. The minimum atomic E-state index is -1.12. The summed E-state index contributed by atoms with van der Waals surface area (Å²) in [5.41, 5.74) is 3.15. The molecule has 4 aromatic rings. The largest absolute Gasteiger partial charge is 0.472 e. The summed E-state index contributed by atoms with van der Waals surface area (Å²) in [6.45, 7) is 0.676. The number of carbonyl (C=O) groups excluding carboxylic acids is 1. The minimum Gasteiger partial charge on any atom is -0.472 e. The van der Waals surface area contributed by atoms with Crippen LogP contribution in [0.4, 0.5) is 0 Å². The van der Waals surface area contributed by atoms with E-state index in [1.54, 1.807) is 6.07 Å². The number of hydrogen-bond donors (Lipinski definition) is 1. The number of hydrogen-bond acceptors (Lipinski definition) is 6. The van der Waals surface area contributed by atoms with Crippen molar-refractivity contribution < 1.29 is 28.5 Å². The highest BCUT2D eigenvalue weighted by molar-refractivity contribution is 5.99. The van der Waals surface area contributed by atoms with Crippen LogP contribution in [0.25, 0.3) is 0 Å². The molecule has 0 aliphatic heterocycles. The Morgan fingerprint density at radius 3 is 1.78 bits per heavy atom. The van der Waals surface area contributed by atoms with Crippen LogP contribution in [0.15, 0.2) is 114 Å². The first-order valence-corrected chi connectivity index (χ1v) is 11.9. The molecule has 0 amide bonds. The van der Waals surface area contributed by atoms with Crippen molar-refractivity contribution >= 4 is 5.78 Å². The van der Waals surface area contributed by atoms with Crippen LogP contribution in [0.1, 0.15) is 27.0 Å². The number of Topliss-reactive ketones (excluding diaryl/α,β-unsaturated/α-hetero) is 1. The van der Waals surface area contributed by atoms with Gasteiger partial charge in [0.15, 0.2) is 5.78 Å². The number of benzene rings is 3. The predicted molar refractivity (Wildman–Crippen MR) is 135 cm³/mol. The maximum absolute atomic E-state index is 13.5. The fourth-order valence-electron chi connectivity index (χ4n) is 3.78. The summed E-state index contributed by atoms with van der Waals surface area (Å²) < 4.78 is 23.2. The molecule has 0 fully saturated rings. The van der Waals surface area contributed by atoms with Gasteiger partial charge in [-0.05, 0) is 22.8 Å². The molecule has 4 rings (SSSR count). The van der Waals surface area contributed by atoms with Crippen LogP contribution in [0, 0.1) is 0 Å². The van der Waals surface area contributed by atoms with Crippen molar-refractivity contribution in [2.24, 2.45) is 0 Å². The molecule has 0 radical (unpaired) electrons. The van der Waals surface area contributed by atoms with Crippen molar-refractivity contribution in [3.8, 4) is 0 Å². The average molecular weight is 487 g/mol. The molecule has 3 atom stereocenters. The molecular formula is C30H30O6. The lowest BCUT2D eigenvalue weighted by Gasteiger charge is -2.30. The van der Waals surface area contributed by atoms with Crippen LogP contribution in [0.3, 0.4) is 0 Å². The van der Waals surface area contributed by atoms with Crippen LogP contribution < -0.4 is 0 Å². The van der Waals surface area contributed by atoms with E-state index < -0.39 is 18.3 Å². The van der Waals surface area contributed by atoms with Crippen LogP contribution in [0.5, 0.6) is 0 Å². The molecule has 1 heterocycles. The Morgan fingerprint density at radius 1 is 0.722 bits per heavy atom. The van der Waals surface area contributed by atoms with Crippen LogP contribution in [-0.2, 0) is 34.0 Å². The van der Waals surface area contributed by atoms with E-state index >= 15 is 0 Å². The summed E-state index contributed by atoms with van der Waals surface area (Å²) >= 11 is 0. The summed E-state index contributed by atoms with van der Waals surface area (Å²) in [4.78, 5) is 13.5. The topological polar surface area (TPSA) is 78.1 Å². The molecule has 36 heavy (non-hydrogen) atoms. The third kappa shape index (κ3) is 7.47. The monoisotopic (exact) mass is 486 g/mol. The third-order valence-corrected chi connectivity index (χ3v) is 5.70. The maximum Gasteiger partial charge on any atom is 0.197 e. The van der Waals surface area contributed by atoms with Gasteiger partial charge in [0, 0.05) is 0 Å². The summed E-state index contributed by atoms with van der Waals surface area (Å²) in [6, 6.07) is 30.4. The Bertz CT molecular complexity index is 1150. The first-order valence-electron chi connectivity index (χ1n) is 11.9. The standard InChI is InChI=1S/C30H30O6/c31-27(22-34-18-23-10-4-1-5-11-23)29(35-19-24-12-6-2-7-13-24)30(28(32)26-16-17-33-21-26)36-20-25-14-8-3-9-15-25/h1-17,21,27,29-31H,18-20,22H2/t27-,29-,30+/m1/s1. The maximum atomic E-state index is 13.5. The highest BCUT2D eigenvalue weighted by Crippen LogP contribution is 2.20. The zero-order valence-corrected chi connectivity index (χ0v) is 19.9. The zero-order valence-electron chi connectivity index (χ0n) is 19.9. The van der Waals surface area contributed by atoms with Gasteiger partial charge in [-0.2, -0.15) is 0 Å². The number of rotatable bonds is 14. The summed E-state index contributed by atoms with van der Waals surface area (Å²) in [5.74, 6) is -0.333. The molecule has 0 saturated carbocycles. The summed E-state index contributed by atoms with van der Waals surface area (Å²) in [5, 5.41) is 11.2. The van der Waals surface area contributed by atoms with Crippen LogP contribution in [0.2, 0.25) is 0 Å². The van der Waals surface area contributed by atoms with Gasteiger partial charge in [0.2, 0.25) is 0 Å². The first kappa shape index (κ1) is 25.5. The molecule has 186 valence electrons. The molecule has 6 nitrogen and oxygen atoms in total. The third-order valence-electron chi connectivity index (χ3n) is 5.70. The Morgan fingerprint density at radius 2 is 1.25 bits per heavy atom. The average Bonchev–Trinajstić information content (AvgIpc) is 3.47. The lowest BCUT2D eigenvalue weighted by Crippen LogP contribution is -2.47. The Labute approximate surface area is 211 Å². The molecule has 0 bridgehead atoms. The number of aliphatic hydroxyl groups excluding tert-OH is 1. The summed E-state index contributed by atoms with van der Waals surface area (Å²) in [7, 11) is 0. The second-order valence-electron chi connectivity index (χ2n) is 8.42. The van der Waals surface area contributed by atoms with Gasteiger partial charge in [-0.3, -0.25) is 4.79 Å². The van der Waals surface area contributed by atoms with Gasteiger partial charge in [0.1, 0.15) is 24.6 Å². The minimum absolute atomic E-state index is 0.0295. The van der Waals surface area contributed by atoms with E-state index in [4.69, 9.17) is 18.6 Å². The van der Waals surface area contributed by atoms with Crippen LogP contribution in [-0.4, -0.2) is 35.8 Å². The molecular weight excluding hydrogens is 456 g/mol. The van der Waals surface area contributed by atoms with Gasteiger partial charge < -0.3 is 23.7 Å². The van der Waals surface area contributed by atoms with Gasteiger partial charge in [-0.15, -0.1) is 0 Å². The number of aliphatic hydroxyl groups is 1. The van der Waals surface area contributed by atoms with Crippen LogP contribution >= 0.6 is 0 Å². The number of carbonyl (C=O) groups is 1. The normalized spacial score (nSPS) is 13.7. The van der Waals surface area contributed by atoms with Crippen molar-refractivity contribution in [2.75, 3.05) is 6.61 Å². The second kappa shape index (κ2) is 13.5. The van der Waals surface area contributed by atoms with E-state index in [-0.39, 0.29) is 25.6 Å². The fourth-order valence-corrected chi connectivity index (χ4v) is 3.78. The number of ketones is 1. The quantitative estimate of drug-likeness (QED) is 0.247. The SMILES string of the molecule is O=C(c1ccoc1)[C@H](OCc1ccccc1)[C@H](OCc1ccccc1)[C@H](O)COCc1ccccc1.